The van der Waals surface area contributed by atoms with Gasteiger partial charge in [-0.15, -0.1) is 0 Å². The molecule has 1 saturated heterocycles. The maximum atomic E-state index is 10.5. The number of hydrogen-bond donors (Lipinski definition) is 2. The first-order valence-corrected chi connectivity index (χ1v) is 4.57. The fraction of sp³-hybridized carbons (Fsp3) is 0.889. The molecule has 13 heavy (non-hydrogen) atoms. The third kappa shape index (κ3) is 2.97. The van der Waals surface area contributed by atoms with E-state index in [4.69, 9.17) is 15.6 Å². The third-order valence-corrected chi connectivity index (χ3v) is 2.39. The van der Waals surface area contributed by atoms with Gasteiger partial charge < -0.3 is 15.6 Å². The molecular formula is C9H17NO3. The fourth-order valence-electron chi connectivity index (χ4n) is 1.63. The van der Waals surface area contributed by atoms with Crippen LogP contribution in [0.4, 0.5) is 0 Å². The molecule has 4 nitrogen and oxygen atoms in total. The first kappa shape index (κ1) is 10.5. The highest BCUT2D eigenvalue weighted by Gasteiger charge is 2.33. The highest BCUT2D eigenvalue weighted by Crippen LogP contribution is 2.31. The molecule has 0 aromatic carbocycles. The SMILES string of the molecule is CC1(C)CCC(C[C@H](N)C(=O)O)O1. The van der Waals surface area contributed by atoms with Crippen LogP contribution in [-0.2, 0) is 9.53 Å². The highest BCUT2D eigenvalue weighted by atomic mass is 16.5. The molecular weight excluding hydrogens is 170 g/mol. The van der Waals surface area contributed by atoms with Crippen LogP contribution in [0.25, 0.3) is 0 Å². The minimum absolute atomic E-state index is 0.0149. The Labute approximate surface area is 78.1 Å². The van der Waals surface area contributed by atoms with E-state index in [0.29, 0.717) is 6.42 Å². The number of carbonyl (C=O) groups is 1. The Morgan fingerprint density at radius 3 is 2.77 bits per heavy atom. The molecule has 1 aliphatic heterocycles. The van der Waals surface area contributed by atoms with E-state index in [-0.39, 0.29) is 11.7 Å². The van der Waals surface area contributed by atoms with Gasteiger partial charge in [-0.3, -0.25) is 4.79 Å². The summed E-state index contributed by atoms with van der Waals surface area (Å²) in [7, 11) is 0. The molecule has 0 spiro atoms. The summed E-state index contributed by atoms with van der Waals surface area (Å²) in [5, 5.41) is 8.59. The summed E-state index contributed by atoms with van der Waals surface area (Å²) in [6, 6.07) is -0.793. The van der Waals surface area contributed by atoms with Gasteiger partial charge >= 0.3 is 5.97 Å². The molecule has 1 heterocycles. The molecule has 4 heteroatoms. The normalized spacial score (nSPS) is 28.7. The summed E-state index contributed by atoms with van der Waals surface area (Å²) in [6.45, 7) is 4.03. The second kappa shape index (κ2) is 3.64. The van der Waals surface area contributed by atoms with Crippen molar-refractivity contribution in [3.63, 3.8) is 0 Å². The summed E-state index contributed by atoms with van der Waals surface area (Å²) < 4.78 is 5.63. The first-order chi connectivity index (χ1) is 5.91. The molecule has 3 N–H and O–H groups in total. The zero-order valence-corrected chi connectivity index (χ0v) is 8.12. The van der Waals surface area contributed by atoms with Crippen molar-refractivity contribution in [1.82, 2.24) is 0 Å². The van der Waals surface area contributed by atoms with Crippen LogP contribution in [0.3, 0.4) is 0 Å². The van der Waals surface area contributed by atoms with Crippen LogP contribution in [0.1, 0.15) is 33.1 Å². The summed E-state index contributed by atoms with van der Waals surface area (Å²) in [4.78, 5) is 10.5. The van der Waals surface area contributed by atoms with Crippen molar-refractivity contribution in [1.29, 1.82) is 0 Å². The van der Waals surface area contributed by atoms with Gasteiger partial charge in [0.2, 0.25) is 0 Å². The number of carboxylic acids is 1. The second-order valence-electron chi connectivity index (χ2n) is 4.22. The zero-order valence-electron chi connectivity index (χ0n) is 8.12. The smallest absolute Gasteiger partial charge is 0.320 e. The van der Waals surface area contributed by atoms with Crippen LogP contribution in [0, 0.1) is 0 Å². The van der Waals surface area contributed by atoms with Crippen LogP contribution in [-0.4, -0.2) is 28.8 Å². The molecule has 0 aromatic heterocycles. The van der Waals surface area contributed by atoms with Gasteiger partial charge in [-0.05, 0) is 33.1 Å². The molecule has 1 rings (SSSR count). The lowest BCUT2D eigenvalue weighted by Crippen LogP contribution is -2.34. The number of hydrogen-bond acceptors (Lipinski definition) is 3. The lowest BCUT2D eigenvalue weighted by Gasteiger charge is -2.20. The predicted molar refractivity (Wildman–Crippen MR) is 48.4 cm³/mol. The quantitative estimate of drug-likeness (QED) is 0.683. The van der Waals surface area contributed by atoms with Crippen molar-refractivity contribution in [2.45, 2.75) is 50.9 Å². The molecule has 76 valence electrons. The van der Waals surface area contributed by atoms with Crippen molar-refractivity contribution in [2.24, 2.45) is 5.73 Å². The Morgan fingerprint density at radius 1 is 1.77 bits per heavy atom. The molecule has 0 bridgehead atoms. The van der Waals surface area contributed by atoms with E-state index in [2.05, 4.69) is 0 Å². The summed E-state index contributed by atoms with van der Waals surface area (Å²) in [5.74, 6) is -0.951. The van der Waals surface area contributed by atoms with E-state index in [1.807, 2.05) is 13.8 Å². The molecule has 0 aromatic rings. The lowest BCUT2D eigenvalue weighted by atomic mass is 10.0. The highest BCUT2D eigenvalue weighted by molar-refractivity contribution is 5.73. The van der Waals surface area contributed by atoms with E-state index in [9.17, 15) is 4.79 Å². The van der Waals surface area contributed by atoms with E-state index in [1.165, 1.54) is 0 Å². The Kier molecular flexibility index (Phi) is 2.93. The number of ether oxygens (including phenoxy) is 1. The maximum absolute atomic E-state index is 10.5. The fourth-order valence-corrected chi connectivity index (χ4v) is 1.63. The lowest BCUT2D eigenvalue weighted by molar-refractivity contribution is -0.139. The predicted octanol–water partition coefficient (Wildman–Crippen LogP) is 0.746. The van der Waals surface area contributed by atoms with Crippen LogP contribution >= 0.6 is 0 Å². The van der Waals surface area contributed by atoms with E-state index < -0.39 is 12.0 Å². The Hall–Kier alpha value is -0.610. The Balaban J connectivity index is 2.36. The number of rotatable bonds is 3. The van der Waals surface area contributed by atoms with Gasteiger partial charge in [-0.2, -0.15) is 0 Å². The monoisotopic (exact) mass is 187 g/mol. The van der Waals surface area contributed by atoms with Crippen LogP contribution in [0.15, 0.2) is 0 Å². The Morgan fingerprint density at radius 2 is 2.38 bits per heavy atom. The Bertz CT molecular complexity index is 203. The zero-order chi connectivity index (χ0) is 10.1. The van der Waals surface area contributed by atoms with Gasteiger partial charge in [-0.1, -0.05) is 0 Å². The van der Waals surface area contributed by atoms with Crippen LogP contribution < -0.4 is 5.73 Å². The number of aliphatic carboxylic acids is 1. The molecule has 1 fully saturated rings. The van der Waals surface area contributed by atoms with Crippen LogP contribution in [0.5, 0.6) is 0 Å². The van der Waals surface area contributed by atoms with Crippen molar-refractivity contribution in [3.8, 4) is 0 Å². The third-order valence-electron chi connectivity index (χ3n) is 2.39. The molecule has 0 amide bonds. The topological polar surface area (TPSA) is 72.6 Å². The standard InChI is InChI=1S/C9H17NO3/c1-9(2)4-3-6(13-9)5-7(10)8(11)12/h6-7H,3-5,10H2,1-2H3,(H,11,12)/t6?,7-/m0/s1. The molecule has 0 aliphatic carbocycles. The average Bonchev–Trinajstić information content (AvgIpc) is 2.30. The second-order valence-corrected chi connectivity index (χ2v) is 4.22. The summed E-state index contributed by atoms with van der Waals surface area (Å²) in [5.41, 5.74) is 5.30. The van der Waals surface area contributed by atoms with Gasteiger partial charge in [0.1, 0.15) is 6.04 Å². The van der Waals surface area contributed by atoms with Crippen molar-refractivity contribution < 1.29 is 14.6 Å². The first-order valence-electron chi connectivity index (χ1n) is 4.57. The largest absolute Gasteiger partial charge is 0.480 e. The van der Waals surface area contributed by atoms with Crippen molar-refractivity contribution in [3.05, 3.63) is 0 Å². The summed E-state index contributed by atoms with van der Waals surface area (Å²) in [6.07, 6.45) is 2.32. The van der Waals surface area contributed by atoms with Gasteiger partial charge in [0.05, 0.1) is 11.7 Å². The van der Waals surface area contributed by atoms with Gasteiger partial charge in [0.15, 0.2) is 0 Å². The van der Waals surface area contributed by atoms with E-state index in [1.54, 1.807) is 0 Å². The minimum Gasteiger partial charge on any atom is -0.480 e. The molecule has 0 saturated carbocycles. The molecule has 1 aliphatic rings. The average molecular weight is 187 g/mol. The molecule has 2 atom stereocenters. The van der Waals surface area contributed by atoms with Crippen molar-refractivity contribution in [2.75, 3.05) is 0 Å². The molecule has 1 unspecified atom stereocenters. The maximum Gasteiger partial charge on any atom is 0.320 e. The van der Waals surface area contributed by atoms with Gasteiger partial charge in [0, 0.05) is 0 Å². The van der Waals surface area contributed by atoms with Gasteiger partial charge in [0.25, 0.3) is 0 Å². The van der Waals surface area contributed by atoms with Crippen molar-refractivity contribution >= 4 is 5.97 Å². The molecule has 0 radical (unpaired) electrons. The number of carboxylic acid groups (broad SMARTS) is 1. The van der Waals surface area contributed by atoms with Crippen LogP contribution in [0.2, 0.25) is 0 Å². The number of nitrogens with two attached hydrogens (primary N) is 1. The van der Waals surface area contributed by atoms with Gasteiger partial charge in [-0.25, -0.2) is 0 Å². The summed E-state index contributed by atoms with van der Waals surface area (Å²) >= 11 is 0. The minimum atomic E-state index is -0.951. The van der Waals surface area contributed by atoms with E-state index in [0.717, 1.165) is 12.8 Å². The van der Waals surface area contributed by atoms with E-state index >= 15 is 0 Å².